The molecule has 1 N–H and O–H groups in total. The minimum absolute atomic E-state index is 0.0921. The van der Waals surface area contributed by atoms with E-state index < -0.39 is 12.1 Å². The first kappa shape index (κ1) is 25.4. The number of alkyl halides is 3. The Bertz CT molecular complexity index is 1070. The van der Waals surface area contributed by atoms with Gasteiger partial charge >= 0.3 is 11.6 Å². The number of carbonyl (C=O) groups is 2. The minimum Gasteiger partial charge on any atom is -0.493 e. The fourth-order valence-electron chi connectivity index (χ4n) is 3.25. The third kappa shape index (κ3) is 6.43. The van der Waals surface area contributed by atoms with Crippen LogP contribution in [0.25, 0.3) is 0 Å². The summed E-state index contributed by atoms with van der Waals surface area (Å²) in [5.41, 5.74) is 2.53. The fraction of sp³-hybridized carbons (Fsp3) is 0.348. The van der Waals surface area contributed by atoms with Crippen molar-refractivity contribution in [3.05, 3.63) is 53.6 Å². The Morgan fingerprint density at radius 2 is 1.85 bits per heavy atom. The second-order valence-corrected chi connectivity index (χ2v) is 8.49. The first-order valence-corrected chi connectivity index (χ1v) is 11.4. The van der Waals surface area contributed by atoms with Crippen LogP contribution in [0.2, 0.25) is 0 Å². The average molecular weight is 496 g/mol. The summed E-state index contributed by atoms with van der Waals surface area (Å²) >= 11 is 1.11. The molecule has 2 amide bonds. The molecular weight excluding hydrogens is 471 g/mol. The molecule has 0 saturated heterocycles. The highest BCUT2D eigenvalue weighted by Gasteiger charge is 2.34. The zero-order valence-corrected chi connectivity index (χ0v) is 19.6. The lowest BCUT2D eigenvalue weighted by Gasteiger charge is -2.28. The number of hydrazone groups is 1. The van der Waals surface area contributed by atoms with Crippen molar-refractivity contribution in [2.75, 3.05) is 12.4 Å². The molecule has 1 aliphatic heterocycles. The highest BCUT2D eigenvalue weighted by atomic mass is 32.2. The second-order valence-electron chi connectivity index (χ2n) is 7.34. The Labute approximate surface area is 199 Å². The van der Waals surface area contributed by atoms with Crippen molar-refractivity contribution < 1.29 is 32.2 Å². The first-order valence-electron chi connectivity index (χ1n) is 10.5. The van der Waals surface area contributed by atoms with E-state index in [1.807, 2.05) is 6.92 Å². The number of nitrogens with zero attached hydrogens (tertiary/aromatic N) is 2. The van der Waals surface area contributed by atoms with Crippen LogP contribution < -0.4 is 14.8 Å². The summed E-state index contributed by atoms with van der Waals surface area (Å²) in [6.45, 7) is 3.85. The van der Waals surface area contributed by atoms with Crippen molar-refractivity contribution in [2.45, 2.75) is 44.8 Å². The number of anilines is 1. The van der Waals surface area contributed by atoms with Crippen molar-refractivity contribution in [1.82, 2.24) is 5.01 Å². The van der Waals surface area contributed by atoms with Gasteiger partial charge in [-0.15, -0.1) is 13.2 Å². The highest BCUT2D eigenvalue weighted by Crippen LogP contribution is 2.36. The number of thioether (sulfide) groups is 1. The zero-order chi connectivity index (χ0) is 24.9. The number of halogens is 3. The Hall–Kier alpha value is -3.21. The van der Waals surface area contributed by atoms with Gasteiger partial charge in [0.1, 0.15) is 0 Å². The van der Waals surface area contributed by atoms with Crippen molar-refractivity contribution in [2.24, 2.45) is 5.10 Å². The van der Waals surface area contributed by atoms with Gasteiger partial charge in [-0.1, -0.05) is 37.7 Å². The lowest BCUT2D eigenvalue weighted by Crippen LogP contribution is -2.34. The normalized spacial score (nSPS) is 16.2. The molecule has 0 radical (unpaired) electrons. The van der Waals surface area contributed by atoms with Gasteiger partial charge < -0.3 is 14.8 Å². The van der Waals surface area contributed by atoms with Crippen molar-refractivity contribution >= 4 is 34.3 Å². The summed E-state index contributed by atoms with van der Waals surface area (Å²) in [7, 11) is 1.25. The van der Waals surface area contributed by atoms with E-state index in [1.165, 1.54) is 30.3 Å². The summed E-state index contributed by atoms with van der Waals surface area (Å²) in [6, 6.07) is 11.1. The predicted octanol–water partition coefficient (Wildman–Crippen LogP) is 5.79. The van der Waals surface area contributed by atoms with Crippen LogP contribution in [0.5, 0.6) is 11.5 Å². The van der Waals surface area contributed by atoms with Gasteiger partial charge in [-0.2, -0.15) is 5.10 Å². The summed E-state index contributed by atoms with van der Waals surface area (Å²) in [6.07, 6.45) is -3.89. The minimum atomic E-state index is -4.85. The van der Waals surface area contributed by atoms with Crippen molar-refractivity contribution in [1.29, 1.82) is 0 Å². The standard InChI is InChI=1S/C23H24F3N3O4S/c1-4-19-21(15-8-11-17(18(12-15)32-3)33-23(24,25)26)28-29(22(31)34-19)13-14-6-9-16(10-7-14)27-20(30)5-2/h6-12,19H,4-5,13H2,1-3H3,(H,27,30). The maximum Gasteiger partial charge on any atom is 0.573 e. The molecule has 1 unspecified atom stereocenters. The lowest BCUT2D eigenvalue weighted by atomic mass is 10.0. The van der Waals surface area contributed by atoms with Crippen LogP contribution in [0, 0.1) is 0 Å². The molecule has 0 aromatic heterocycles. The highest BCUT2D eigenvalue weighted by molar-refractivity contribution is 8.14. The molecule has 7 nitrogen and oxygen atoms in total. The summed E-state index contributed by atoms with van der Waals surface area (Å²) in [5, 5.41) is 8.11. The molecule has 11 heteroatoms. The maximum absolute atomic E-state index is 12.7. The number of benzene rings is 2. The third-order valence-corrected chi connectivity index (χ3v) is 6.19. The molecule has 0 bridgehead atoms. The number of nitrogens with one attached hydrogen (secondary N) is 1. The molecule has 1 aliphatic rings. The molecule has 3 rings (SSSR count). The lowest BCUT2D eigenvalue weighted by molar-refractivity contribution is -0.275. The SMILES string of the molecule is CCC(=O)Nc1ccc(CN2N=C(c3ccc(OC(F)(F)F)c(OC)c3)C(CC)SC2=O)cc1. The van der Waals surface area contributed by atoms with Gasteiger partial charge in [0.2, 0.25) is 5.91 Å². The van der Waals surface area contributed by atoms with E-state index in [-0.39, 0.29) is 28.7 Å². The maximum atomic E-state index is 12.7. The number of methoxy groups -OCH3 is 1. The Morgan fingerprint density at radius 3 is 2.44 bits per heavy atom. The van der Waals surface area contributed by atoms with E-state index in [4.69, 9.17) is 4.74 Å². The topological polar surface area (TPSA) is 80.2 Å². The van der Waals surface area contributed by atoms with Crippen molar-refractivity contribution in [3.8, 4) is 11.5 Å². The van der Waals surface area contributed by atoms with E-state index in [0.29, 0.717) is 29.8 Å². The summed E-state index contributed by atoms with van der Waals surface area (Å²) < 4.78 is 47.1. The van der Waals surface area contributed by atoms with Crippen LogP contribution in [0.3, 0.4) is 0 Å². The Balaban J connectivity index is 1.86. The van der Waals surface area contributed by atoms with Crippen LogP contribution in [0.15, 0.2) is 47.6 Å². The molecule has 0 spiro atoms. The molecule has 1 atom stereocenters. The zero-order valence-electron chi connectivity index (χ0n) is 18.8. The van der Waals surface area contributed by atoms with Crippen LogP contribution in [-0.4, -0.2) is 40.6 Å². The average Bonchev–Trinajstić information content (AvgIpc) is 2.80. The van der Waals surface area contributed by atoms with Gasteiger partial charge in [-0.3, -0.25) is 9.59 Å². The van der Waals surface area contributed by atoms with Gasteiger partial charge in [0.25, 0.3) is 0 Å². The predicted molar refractivity (Wildman–Crippen MR) is 124 cm³/mol. The van der Waals surface area contributed by atoms with Crippen molar-refractivity contribution in [3.63, 3.8) is 0 Å². The first-order chi connectivity index (χ1) is 16.1. The largest absolute Gasteiger partial charge is 0.573 e. The molecule has 182 valence electrons. The molecule has 0 saturated carbocycles. The van der Waals surface area contributed by atoms with Crippen LogP contribution in [0.1, 0.15) is 37.8 Å². The molecule has 1 heterocycles. The Morgan fingerprint density at radius 1 is 1.15 bits per heavy atom. The van der Waals surface area contributed by atoms with Gasteiger partial charge in [-0.25, -0.2) is 5.01 Å². The number of rotatable bonds is 8. The number of ether oxygens (including phenoxy) is 2. The fourth-order valence-corrected chi connectivity index (χ4v) is 4.18. The number of hydrogen-bond donors (Lipinski definition) is 1. The van der Waals surface area contributed by atoms with Gasteiger partial charge in [-0.05, 0) is 42.3 Å². The van der Waals surface area contributed by atoms with E-state index in [0.717, 1.165) is 17.3 Å². The van der Waals surface area contributed by atoms with Gasteiger partial charge in [0, 0.05) is 17.7 Å². The summed E-state index contributed by atoms with van der Waals surface area (Å²) in [4.78, 5) is 24.2. The number of carbonyl (C=O) groups excluding carboxylic acids is 2. The molecule has 2 aromatic rings. The third-order valence-electron chi connectivity index (χ3n) is 4.93. The van der Waals surface area contributed by atoms with Gasteiger partial charge in [0.05, 0.1) is 24.6 Å². The molecule has 0 aliphatic carbocycles. The Kier molecular flexibility index (Phi) is 8.08. The van der Waals surface area contributed by atoms with Crippen LogP contribution >= 0.6 is 11.8 Å². The smallest absolute Gasteiger partial charge is 0.493 e. The monoisotopic (exact) mass is 495 g/mol. The van der Waals surface area contributed by atoms with Crippen LogP contribution in [0.4, 0.5) is 23.7 Å². The van der Waals surface area contributed by atoms with Gasteiger partial charge in [0.15, 0.2) is 11.5 Å². The quantitative estimate of drug-likeness (QED) is 0.501. The van der Waals surface area contributed by atoms with E-state index in [1.54, 1.807) is 31.2 Å². The number of amides is 2. The molecule has 0 fully saturated rings. The van der Waals surface area contributed by atoms with E-state index >= 15 is 0 Å². The summed E-state index contributed by atoms with van der Waals surface area (Å²) in [5.74, 6) is -0.651. The molecular formula is C23H24F3N3O4S. The molecule has 2 aromatic carbocycles. The molecule has 34 heavy (non-hydrogen) atoms. The number of hydrogen-bond acceptors (Lipinski definition) is 6. The van der Waals surface area contributed by atoms with E-state index in [9.17, 15) is 22.8 Å². The van der Waals surface area contributed by atoms with E-state index in [2.05, 4.69) is 15.2 Å². The van der Waals surface area contributed by atoms with Crippen LogP contribution in [-0.2, 0) is 11.3 Å². The second kappa shape index (κ2) is 10.8.